The second-order valence-electron chi connectivity index (χ2n) is 11.8. The maximum absolute atomic E-state index is 13.7. The molecule has 2 atom stereocenters. The summed E-state index contributed by atoms with van der Waals surface area (Å²) in [4.78, 5) is 76.8. The third-order valence-corrected chi connectivity index (χ3v) is 8.41. The van der Waals surface area contributed by atoms with Crippen molar-refractivity contribution in [3.63, 3.8) is 0 Å². The Balaban J connectivity index is 1.28. The van der Waals surface area contributed by atoms with Crippen LogP contribution in [-0.2, 0) is 54.3 Å². The van der Waals surface area contributed by atoms with E-state index in [1.54, 1.807) is 60.7 Å². The van der Waals surface area contributed by atoms with Gasteiger partial charge in [-0.05, 0) is 71.5 Å². The molecule has 1 aliphatic carbocycles. The molecule has 0 bridgehead atoms. The molecule has 4 aromatic carbocycles. The predicted octanol–water partition coefficient (Wildman–Crippen LogP) is 2.91. The van der Waals surface area contributed by atoms with E-state index in [1.807, 2.05) is 0 Å². The Morgan fingerprint density at radius 3 is 1.30 bits per heavy atom. The van der Waals surface area contributed by atoms with Crippen molar-refractivity contribution in [1.82, 2.24) is 0 Å². The van der Waals surface area contributed by atoms with Crippen LogP contribution in [0.25, 0.3) is 0 Å². The standard InChI is InChI=1S/C38H36N4O8/c1-49-37(47)31(39)15-21-7-3-5-9-23(21)17-33(43)41-25-11-13-27-29(19-25)36(46)30-20-26(12-14-28(30)35(27)45)42-34(44)18-24-10-6-4-8-22(24)16-32(40)38(48)50-2/h3-14,19-20,31-32H,15-18,39-40H2,1-2H3,(H,41,43)(H,42,44)/t31-,32-/m0/s1. The van der Waals surface area contributed by atoms with Crippen molar-refractivity contribution in [1.29, 1.82) is 0 Å². The number of hydrogen-bond acceptors (Lipinski definition) is 10. The molecule has 50 heavy (non-hydrogen) atoms. The van der Waals surface area contributed by atoms with Crippen molar-refractivity contribution < 1.29 is 38.2 Å². The number of benzene rings is 4. The Morgan fingerprint density at radius 1 is 0.560 bits per heavy atom. The summed E-state index contributed by atoms with van der Waals surface area (Å²) in [6.45, 7) is 0. The number of esters is 2. The van der Waals surface area contributed by atoms with Crippen molar-refractivity contribution in [2.75, 3.05) is 24.9 Å². The van der Waals surface area contributed by atoms with E-state index in [0.717, 1.165) is 11.1 Å². The molecule has 0 radical (unpaired) electrons. The van der Waals surface area contributed by atoms with Gasteiger partial charge in [0.25, 0.3) is 0 Å². The minimum Gasteiger partial charge on any atom is -0.468 e. The van der Waals surface area contributed by atoms with Gasteiger partial charge in [-0.15, -0.1) is 0 Å². The highest BCUT2D eigenvalue weighted by Crippen LogP contribution is 2.31. The van der Waals surface area contributed by atoms with E-state index in [-0.39, 0.29) is 65.5 Å². The molecule has 12 nitrogen and oxygen atoms in total. The fourth-order valence-electron chi connectivity index (χ4n) is 5.86. The monoisotopic (exact) mass is 676 g/mol. The minimum absolute atomic E-state index is 0.0253. The number of rotatable bonds is 12. The van der Waals surface area contributed by atoms with Crippen molar-refractivity contribution in [3.05, 3.63) is 129 Å². The summed E-state index contributed by atoms with van der Waals surface area (Å²) in [5.74, 6) is -2.68. The zero-order valence-electron chi connectivity index (χ0n) is 27.5. The largest absolute Gasteiger partial charge is 0.468 e. The molecule has 0 fully saturated rings. The molecule has 0 aromatic heterocycles. The first kappa shape index (κ1) is 35.3. The van der Waals surface area contributed by atoms with Gasteiger partial charge in [0, 0.05) is 33.6 Å². The summed E-state index contributed by atoms with van der Waals surface area (Å²) in [7, 11) is 2.51. The Labute approximate surface area is 288 Å². The van der Waals surface area contributed by atoms with Gasteiger partial charge < -0.3 is 31.6 Å². The van der Waals surface area contributed by atoms with E-state index < -0.39 is 29.8 Å². The van der Waals surface area contributed by atoms with Gasteiger partial charge in [-0.2, -0.15) is 0 Å². The Kier molecular flexibility index (Phi) is 10.9. The molecule has 0 spiro atoms. The van der Waals surface area contributed by atoms with Crippen LogP contribution in [0.1, 0.15) is 54.1 Å². The number of nitrogens with two attached hydrogens (primary N) is 2. The van der Waals surface area contributed by atoms with Crippen LogP contribution in [0.2, 0.25) is 0 Å². The van der Waals surface area contributed by atoms with E-state index in [1.165, 1.54) is 38.5 Å². The summed E-state index contributed by atoms with van der Waals surface area (Å²) in [5, 5.41) is 5.57. The van der Waals surface area contributed by atoms with Crippen LogP contribution in [0.3, 0.4) is 0 Å². The van der Waals surface area contributed by atoms with Gasteiger partial charge in [0.15, 0.2) is 11.6 Å². The van der Waals surface area contributed by atoms with Crippen molar-refractivity contribution in [3.8, 4) is 0 Å². The van der Waals surface area contributed by atoms with Gasteiger partial charge >= 0.3 is 11.9 Å². The Hall–Kier alpha value is -5.98. The third-order valence-electron chi connectivity index (χ3n) is 8.41. The molecule has 0 aliphatic heterocycles. The summed E-state index contributed by atoms with van der Waals surface area (Å²) in [6.07, 6.45) is 0.323. The smallest absolute Gasteiger partial charge is 0.322 e. The molecule has 1 aliphatic rings. The maximum Gasteiger partial charge on any atom is 0.322 e. The first-order valence-electron chi connectivity index (χ1n) is 15.8. The molecule has 0 heterocycles. The lowest BCUT2D eigenvalue weighted by molar-refractivity contribution is -0.142. The highest BCUT2D eigenvalue weighted by Gasteiger charge is 2.30. The topological polar surface area (TPSA) is 197 Å². The number of ether oxygens (including phenoxy) is 2. The SMILES string of the molecule is COC(=O)[C@@H](N)Cc1ccccc1CC(=O)Nc1ccc2c(c1)C(=O)c1cc(NC(=O)Cc3ccccc3C[C@H](N)C(=O)OC)ccc1C2=O. The molecule has 4 aromatic rings. The maximum atomic E-state index is 13.7. The van der Waals surface area contributed by atoms with Gasteiger partial charge in [-0.1, -0.05) is 48.5 Å². The number of fused-ring (bicyclic) bond motifs is 2. The number of ketones is 2. The highest BCUT2D eigenvalue weighted by atomic mass is 16.5. The van der Waals surface area contributed by atoms with Crippen LogP contribution in [-0.4, -0.2) is 61.6 Å². The van der Waals surface area contributed by atoms with Crippen molar-refractivity contribution in [2.45, 2.75) is 37.8 Å². The molecule has 2 amide bonds. The highest BCUT2D eigenvalue weighted by molar-refractivity contribution is 6.29. The van der Waals surface area contributed by atoms with Crippen molar-refractivity contribution in [2.24, 2.45) is 11.5 Å². The lowest BCUT2D eigenvalue weighted by Gasteiger charge is -2.19. The Morgan fingerprint density at radius 2 is 0.920 bits per heavy atom. The molecule has 5 rings (SSSR count). The fraction of sp³-hybridized carbons (Fsp3) is 0.211. The number of hydrogen-bond donors (Lipinski definition) is 4. The van der Waals surface area contributed by atoms with E-state index in [2.05, 4.69) is 10.6 Å². The summed E-state index contributed by atoms with van der Waals surface area (Å²) < 4.78 is 9.42. The zero-order chi connectivity index (χ0) is 35.9. The number of amides is 2. The van der Waals surface area contributed by atoms with Crippen LogP contribution in [0.5, 0.6) is 0 Å². The first-order valence-corrected chi connectivity index (χ1v) is 15.8. The van der Waals surface area contributed by atoms with E-state index in [4.69, 9.17) is 20.9 Å². The second kappa shape index (κ2) is 15.5. The number of carbonyl (C=O) groups is 6. The Bertz CT molecular complexity index is 1870. The van der Waals surface area contributed by atoms with Gasteiger partial charge in [0.05, 0.1) is 27.1 Å². The van der Waals surface area contributed by atoms with Gasteiger partial charge in [0.2, 0.25) is 11.8 Å². The molecule has 0 unspecified atom stereocenters. The first-order chi connectivity index (χ1) is 24.0. The van der Waals surface area contributed by atoms with Gasteiger partial charge in [-0.25, -0.2) is 0 Å². The van der Waals surface area contributed by atoms with Gasteiger partial charge in [-0.3, -0.25) is 28.8 Å². The number of methoxy groups -OCH3 is 2. The van der Waals surface area contributed by atoms with Crippen LogP contribution in [0.15, 0.2) is 84.9 Å². The van der Waals surface area contributed by atoms with E-state index in [0.29, 0.717) is 22.5 Å². The summed E-state index contributed by atoms with van der Waals surface area (Å²) in [6, 6.07) is 21.5. The lowest BCUT2D eigenvalue weighted by atomic mass is 9.83. The van der Waals surface area contributed by atoms with Crippen LogP contribution in [0, 0.1) is 0 Å². The van der Waals surface area contributed by atoms with Gasteiger partial charge in [0.1, 0.15) is 12.1 Å². The second-order valence-corrected chi connectivity index (χ2v) is 11.8. The predicted molar refractivity (Wildman–Crippen MR) is 185 cm³/mol. The average Bonchev–Trinajstić information content (AvgIpc) is 3.11. The third kappa shape index (κ3) is 8.00. The minimum atomic E-state index is -0.884. The van der Waals surface area contributed by atoms with E-state index in [9.17, 15) is 28.8 Å². The summed E-state index contributed by atoms with van der Waals surface area (Å²) >= 11 is 0. The van der Waals surface area contributed by atoms with Crippen LogP contribution in [0.4, 0.5) is 11.4 Å². The van der Waals surface area contributed by atoms with Crippen LogP contribution < -0.4 is 22.1 Å². The van der Waals surface area contributed by atoms with Crippen LogP contribution >= 0.6 is 0 Å². The molecular weight excluding hydrogens is 640 g/mol. The van der Waals surface area contributed by atoms with Crippen molar-refractivity contribution >= 4 is 46.7 Å². The molecule has 0 saturated carbocycles. The normalized spacial score (nSPS) is 13.0. The van der Waals surface area contributed by atoms with E-state index >= 15 is 0 Å². The molecule has 12 heteroatoms. The summed E-state index contributed by atoms with van der Waals surface area (Å²) in [5.41, 5.74) is 15.9. The molecular formula is C38H36N4O8. The average molecular weight is 677 g/mol. The number of nitrogens with one attached hydrogen (secondary N) is 2. The lowest BCUT2D eigenvalue weighted by Crippen LogP contribution is -2.34. The zero-order valence-corrected chi connectivity index (χ0v) is 27.5. The number of anilines is 2. The molecule has 0 saturated heterocycles. The quantitative estimate of drug-likeness (QED) is 0.143. The number of carbonyl (C=O) groups excluding carboxylic acids is 6. The molecule has 256 valence electrons. The molecule has 6 N–H and O–H groups in total. The fourth-order valence-corrected chi connectivity index (χ4v) is 5.86.